The molecule has 1 aliphatic heterocycles. The Hall–Kier alpha value is -1.89. The van der Waals surface area contributed by atoms with Crippen LogP contribution in [0.3, 0.4) is 0 Å². The number of aliphatic hydroxyl groups is 1. The number of hydrogen-bond donors (Lipinski definition) is 3. The third kappa shape index (κ3) is 5.05. The van der Waals surface area contributed by atoms with Crippen LogP contribution in [0.15, 0.2) is 18.7 Å². The summed E-state index contributed by atoms with van der Waals surface area (Å²) in [4.78, 5) is 14.3. The molecule has 0 aromatic heterocycles. The minimum atomic E-state index is -0.662. The van der Waals surface area contributed by atoms with Gasteiger partial charge >= 0.3 is 0 Å². The Morgan fingerprint density at radius 2 is 2.17 bits per heavy atom. The molecule has 1 aromatic carbocycles. The quantitative estimate of drug-likeness (QED) is 0.555. The van der Waals surface area contributed by atoms with E-state index < -0.39 is 6.10 Å². The summed E-state index contributed by atoms with van der Waals surface area (Å²) in [6, 6.07) is 2.05. The fraction of sp³-hybridized carbons (Fsp3) is 0.625. The zero-order chi connectivity index (χ0) is 21.7. The Kier molecular flexibility index (Phi) is 7.92. The first-order valence-corrected chi connectivity index (χ1v) is 11.2. The summed E-state index contributed by atoms with van der Waals surface area (Å²) in [5.41, 5.74) is 4.25. The Bertz CT molecular complexity index is 758. The van der Waals surface area contributed by atoms with Gasteiger partial charge in [0.1, 0.15) is 25.4 Å². The molecule has 1 heterocycles. The third-order valence-corrected chi connectivity index (χ3v) is 6.74. The zero-order valence-corrected chi connectivity index (χ0v) is 18.6. The van der Waals surface area contributed by atoms with Gasteiger partial charge in [0, 0.05) is 11.8 Å². The SMILES string of the molecule is C=CCOc1cc(C)c2c(c1C)[C@H](O)[C@H]([C@H](C)C(=O)NCC[NH+]1CCOCC1)CC2. The molecule has 1 saturated heterocycles. The number of fused-ring (bicyclic) bond motifs is 1. The first kappa shape index (κ1) is 22.8. The monoisotopic (exact) mass is 417 g/mol. The van der Waals surface area contributed by atoms with Crippen LogP contribution in [-0.2, 0) is 16.0 Å². The van der Waals surface area contributed by atoms with Crippen LogP contribution < -0.4 is 15.0 Å². The summed E-state index contributed by atoms with van der Waals surface area (Å²) in [6.07, 6.45) is 2.75. The maximum absolute atomic E-state index is 12.8. The molecule has 0 unspecified atom stereocenters. The number of ether oxygens (including phenoxy) is 2. The van der Waals surface area contributed by atoms with Gasteiger partial charge in [-0.1, -0.05) is 19.6 Å². The Balaban J connectivity index is 1.65. The lowest BCUT2D eigenvalue weighted by atomic mass is 9.72. The van der Waals surface area contributed by atoms with E-state index in [0.717, 1.165) is 68.1 Å². The second-order valence-electron chi connectivity index (χ2n) is 8.65. The number of rotatable bonds is 8. The molecule has 0 spiro atoms. The number of morpholine rings is 1. The van der Waals surface area contributed by atoms with Crippen LogP contribution in [0, 0.1) is 25.7 Å². The van der Waals surface area contributed by atoms with E-state index in [4.69, 9.17) is 9.47 Å². The summed E-state index contributed by atoms with van der Waals surface area (Å²) in [5.74, 6) is 0.478. The van der Waals surface area contributed by atoms with Crippen LogP contribution in [0.2, 0.25) is 0 Å². The minimum Gasteiger partial charge on any atom is -0.489 e. The fourth-order valence-electron chi connectivity index (χ4n) is 4.83. The van der Waals surface area contributed by atoms with Gasteiger partial charge in [0.25, 0.3) is 0 Å². The van der Waals surface area contributed by atoms with Gasteiger partial charge in [-0.15, -0.1) is 0 Å². The van der Waals surface area contributed by atoms with Gasteiger partial charge in [0.2, 0.25) is 5.91 Å². The standard InChI is InChI=1S/C24H36N2O4/c1-5-12-30-21-15-16(2)19-6-7-20(23(27)22(19)18(21)4)17(3)24(28)25-8-9-26-10-13-29-14-11-26/h5,15,17,20,23,27H,1,6-14H2,2-4H3,(H,25,28)/p+1/t17-,20-,23+/m0/s1. The van der Waals surface area contributed by atoms with E-state index >= 15 is 0 Å². The molecule has 3 atom stereocenters. The van der Waals surface area contributed by atoms with Gasteiger partial charge in [0.05, 0.1) is 32.4 Å². The van der Waals surface area contributed by atoms with E-state index in [9.17, 15) is 9.90 Å². The van der Waals surface area contributed by atoms with Crippen molar-refractivity contribution in [1.82, 2.24) is 5.32 Å². The second kappa shape index (κ2) is 10.4. The molecule has 30 heavy (non-hydrogen) atoms. The number of hydrogen-bond acceptors (Lipinski definition) is 4. The molecule has 3 rings (SSSR count). The molecule has 1 fully saturated rings. The van der Waals surface area contributed by atoms with Crippen molar-refractivity contribution in [2.75, 3.05) is 46.0 Å². The predicted octanol–water partition coefficient (Wildman–Crippen LogP) is 1.13. The van der Waals surface area contributed by atoms with Crippen molar-refractivity contribution in [3.63, 3.8) is 0 Å². The highest BCUT2D eigenvalue weighted by atomic mass is 16.5. The van der Waals surface area contributed by atoms with E-state index in [1.807, 2.05) is 13.8 Å². The fourth-order valence-corrected chi connectivity index (χ4v) is 4.83. The number of quaternary nitrogens is 1. The predicted molar refractivity (Wildman–Crippen MR) is 117 cm³/mol. The zero-order valence-electron chi connectivity index (χ0n) is 18.6. The molecule has 1 aliphatic carbocycles. The van der Waals surface area contributed by atoms with Gasteiger partial charge in [0.15, 0.2) is 0 Å². The first-order valence-electron chi connectivity index (χ1n) is 11.2. The maximum Gasteiger partial charge on any atom is 0.223 e. The summed E-state index contributed by atoms with van der Waals surface area (Å²) in [6.45, 7) is 15.3. The van der Waals surface area contributed by atoms with Crippen molar-refractivity contribution in [1.29, 1.82) is 0 Å². The van der Waals surface area contributed by atoms with E-state index in [1.54, 1.807) is 6.08 Å². The molecule has 6 heteroatoms. The number of carbonyl (C=O) groups excluding carboxylic acids is 1. The molecule has 166 valence electrons. The molecule has 1 aromatic rings. The van der Waals surface area contributed by atoms with Crippen LogP contribution in [0.25, 0.3) is 0 Å². The van der Waals surface area contributed by atoms with Crippen LogP contribution in [-0.4, -0.2) is 57.0 Å². The number of nitrogens with one attached hydrogen (secondary N) is 2. The maximum atomic E-state index is 12.8. The number of carbonyl (C=O) groups is 1. The van der Waals surface area contributed by atoms with Gasteiger partial charge in [-0.3, -0.25) is 4.79 Å². The van der Waals surface area contributed by atoms with Crippen molar-refractivity contribution in [2.24, 2.45) is 11.8 Å². The summed E-state index contributed by atoms with van der Waals surface area (Å²) >= 11 is 0. The number of benzene rings is 1. The largest absolute Gasteiger partial charge is 0.489 e. The van der Waals surface area contributed by atoms with E-state index in [1.165, 1.54) is 10.5 Å². The van der Waals surface area contributed by atoms with Crippen molar-refractivity contribution in [2.45, 2.75) is 39.7 Å². The molecule has 2 aliphatic rings. The van der Waals surface area contributed by atoms with Gasteiger partial charge < -0.3 is 24.8 Å². The molecular weight excluding hydrogens is 380 g/mol. The summed E-state index contributed by atoms with van der Waals surface area (Å²) in [5, 5.41) is 14.3. The number of amides is 1. The van der Waals surface area contributed by atoms with Crippen LogP contribution >= 0.6 is 0 Å². The lowest BCUT2D eigenvalue weighted by Crippen LogP contribution is -3.14. The van der Waals surface area contributed by atoms with Crippen molar-refractivity contribution in [3.8, 4) is 5.75 Å². The highest BCUT2D eigenvalue weighted by Crippen LogP contribution is 2.43. The van der Waals surface area contributed by atoms with Gasteiger partial charge in [-0.25, -0.2) is 0 Å². The minimum absolute atomic E-state index is 0.0311. The highest BCUT2D eigenvalue weighted by Gasteiger charge is 2.37. The van der Waals surface area contributed by atoms with Crippen molar-refractivity contribution in [3.05, 3.63) is 41.0 Å². The first-order chi connectivity index (χ1) is 14.4. The van der Waals surface area contributed by atoms with E-state index in [2.05, 4.69) is 24.9 Å². The molecule has 3 N–H and O–H groups in total. The van der Waals surface area contributed by atoms with Gasteiger partial charge in [-0.05, 0) is 55.0 Å². The van der Waals surface area contributed by atoms with Gasteiger partial charge in [-0.2, -0.15) is 0 Å². The Morgan fingerprint density at radius 3 is 2.87 bits per heavy atom. The lowest BCUT2D eigenvalue weighted by Gasteiger charge is -2.36. The van der Waals surface area contributed by atoms with Crippen LogP contribution in [0.4, 0.5) is 0 Å². The van der Waals surface area contributed by atoms with Crippen LogP contribution in [0.5, 0.6) is 5.75 Å². The van der Waals surface area contributed by atoms with Crippen molar-refractivity contribution < 1.29 is 24.3 Å². The molecule has 0 saturated carbocycles. The molecule has 1 amide bonds. The molecule has 0 radical (unpaired) electrons. The smallest absolute Gasteiger partial charge is 0.223 e. The topological polar surface area (TPSA) is 72.2 Å². The van der Waals surface area contributed by atoms with Crippen molar-refractivity contribution >= 4 is 5.91 Å². The van der Waals surface area contributed by atoms with E-state index in [-0.39, 0.29) is 17.7 Å². The highest BCUT2D eigenvalue weighted by molar-refractivity contribution is 5.78. The lowest BCUT2D eigenvalue weighted by molar-refractivity contribution is -0.906. The average molecular weight is 418 g/mol. The second-order valence-corrected chi connectivity index (χ2v) is 8.65. The molecule has 6 nitrogen and oxygen atoms in total. The molecule has 0 bridgehead atoms. The Morgan fingerprint density at radius 1 is 1.43 bits per heavy atom. The average Bonchev–Trinajstić information content (AvgIpc) is 2.75. The third-order valence-electron chi connectivity index (χ3n) is 6.74. The van der Waals surface area contributed by atoms with Crippen LogP contribution in [0.1, 0.15) is 41.7 Å². The number of aryl methyl sites for hydroxylation is 1. The van der Waals surface area contributed by atoms with E-state index in [0.29, 0.717) is 13.2 Å². The summed E-state index contributed by atoms with van der Waals surface area (Å²) < 4.78 is 11.2. The Labute approximate surface area is 180 Å². The molecular formula is C24H37N2O4+. The number of aliphatic hydroxyl groups excluding tert-OH is 1. The summed E-state index contributed by atoms with van der Waals surface area (Å²) in [7, 11) is 0. The normalized spacial score (nSPS) is 22.8.